The number of ketones is 1. The second-order valence-corrected chi connectivity index (χ2v) is 2.65. The van der Waals surface area contributed by atoms with Gasteiger partial charge in [-0.2, -0.15) is 5.10 Å². The van der Waals surface area contributed by atoms with Crippen LogP contribution in [0.15, 0.2) is 6.20 Å². The number of aromatic nitrogens is 2. The van der Waals surface area contributed by atoms with Gasteiger partial charge in [-0.1, -0.05) is 18.5 Å². The van der Waals surface area contributed by atoms with Crippen LogP contribution in [0.1, 0.15) is 23.8 Å². The number of nitrogens with zero attached hydrogens (tertiary/aromatic N) is 2. The van der Waals surface area contributed by atoms with Gasteiger partial charge >= 0.3 is 0 Å². The number of hydrogen-bond donors (Lipinski definition) is 0. The lowest BCUT2D eigenvalue weighted by atomic mass is 10.2. The maximum atomic E-state index is 11.2. The van der Waals surface area contributed by atoms with E-state index in [2.05, 4.69) is 5.10 Å². The Bertz CT molecular complexity index is 260. The summed E-state index contributed by atoms with van der Waals surface area (Å²) in [5.41, 5.74) is 0.495. The third kappa shape index (κ3) is 1.43. The number of carbonyl (C=O) groups is 1. The van der Waals surface area contributed by atoms with E-state index in [1.54, 1.807) is 14.0 Å². The van der Waals surface area contributed by atoms with Crippen molar-refractivity contribution in [1.82, 2.24) is 9.78 Å². The van der Waals surface area contributed by atoms with Gasteiger partial charge in [0.25, 0.3) is 0 Å². The minimum Gasteiger partial charge on any atom is -0.292 e. The number of halogens is 1. The van der Waals surface area contributed by atoms with Crippen LogP contribution in [0.2, 0.25) is 5.02 Å². The van der Waals surface area contributed by atoms with Crippen LogP contribution >= 0.6 is 11.6 Å². The Morgan fingerprint density at radius 3 is 2.82 bits per heavy atom. The molecule has 0 aliphatic rings. The van der Waals surface area contributed by atoms with Crippen LogP contribution in [0.3, 0.4) is 0 Å². The monoisotopic (exact) mass is 172 g/mol. The Morgan fingerprint density at radius 2 is 2.45 bits per heavy atom. The molecular weight excluding hydrogens is 164 g/mol. The second kappa shape index (κ2) is 3.05. The molecule has 0 fully saturated rings. The van der Waals surface area contributed by atoms with E-state index in [0.717, 1.165) is 0 Å². The van der Waals surface area contributed by atoms with Gasteiger partial charge in [0.05, 0.1) is 11.2 Å². The van der Waals surface area contributed by atoms with Crippen LogP contribution in [0.4, 0.5) is 0 Å². The van der Waals surface area contributed by atoms with Gasteiger partial charge < -0.3 is 0 Å². The van der Waals surface area contributed by atoms with E-state index >= 15 is 0 Å². The quantitative estimate of drug-likeness (QED) is 0.636. The third-order valence-electron chi connectivity index (χ3n) is 1.48. The molecule has 0 aliphatic carbocycles. The van der Waals surface area contributed by atoms with Gasteiger partial charge in [-0.05, 0) is 0 Å². The van der Waals surface area contributed by atoms with Crippen molar-refractivity contribution >= 4 is 17.4 Å². The van der Waals surface area contributed by atoms with Gasteiger partial charge in [-0.15, -0.1) is 0 Å². The molecule has 0 bridgehead atoms. The summed E-state index contributed by atoms with van der Waals surface area (Å²) in [5, 5.41) is 4.28. The molecule has 0 spiro atoms. The summed E-state index contributed by atoms with van der Waals surface area (Å²) < 4.78 is 1.49. The maximum absolute atomic E-state index is 11.2. The highest BCUT2D eigenvalue weighted by molar-refractivity contribution is 6.33. The Kier molecular flexibility index (Phi) is 2.29. The predicted octanol–water partition coefficient (Wildman–Crippen LogP) is 1.67. The first kappa shape index (κ1) is 8.27. The number of hydrogen-bond acceptors (Lipinski definition) is 2. The standard InChI is InChI=1S/C7H9ClN2O/c1-3-6(11)7-5(8)4-9-10(7)2/h4H,3H2,1-2H3. The average molecular weight is 173 g/mol. The second-order valence-electron chi connectivity index (χ2n) is 2.24. The Labute approximate surface area is 70.0 Å². The molecule has 4 heteroatoms. The molecular formula is C7H9ClN2O. The maximum Gasteiger partial charge on any atom is 0.182 e. The molecule has 0 aliphatic heterocycles. The SMILES string of the molecule is CCC(=O)c1c(Cl)cnn1C. The van der Waals surface area contributed by atoms with Crippen LogP contribution in [0, 0.1) is 0 Å². The average Bonchev–Trinajstić information content (AvgIpc) is 2.30. The number of rotatable bonds is 2. The minimum absolute atomic E-state index is 0.0231. The molecule has 3 nitrogen and oxygen atoms in total. The number of aryl methyl sites for hydroxylation is 1. The molecule has 0 N–H and O–H groups in total. The summed E-state index contributed by atoms with van der Waals surface area (Å²) in [6, 6.07) is 0. The van der Waals surface area contributed by atoms with Gasteiger partial charge in [0.2, 0.25) is 0 Å². The molecule has 0 radical (unpaired) electrons. The van der Waals surface area contributed by atoms with Crippen molar-refractivity contribution in [3.63, 3.8) is 0 Å². The largest absolute Gasteiger partial charge is 0.292 e. The van der Waals surface area contributed by atoms with Crippen LogP contribution in [0.25, 0.3) is 0 Å². The molecule has 0 saturated heterocycles. The predicted molar refractivity (Wildman–Crippen MR) is 42.8 cm³/mol. The molecule has 1 aromatic heterocycles. The van der Waals surface area contributed by atoms with Crippen LogP contribution in [0.5, 0.6) is 0 Å². The zero-order valence-corrected chi connectivity index (χ0v) is 7.22. The smallest absolute Gasteiger partial charge is 0.182 e. The third-order valence-corrected chi connectivity index (χ3v) is 1.76. The van der Waals surface area contributed by atoms with Crippen molar-refractivity contribution in [2.45, 2.75) is 13.3 Å². The first-order chi connectivity index (χ1) is 5.16. The Hall–Kier alpha value is -0.830. The molecule has 0 unspecified atom stereocenters. The van der Waals surface area contributed by atoms with Crippen LogP contribution in [-0.2, 0) is 7.05 Å². The van der Waals surface area contributed by atoms with Crippen molar-refractivity contribution in [2.24, 2.45) is 7.05 Å². The fraction of sp³-hybridized carbons (Fsp3) is 0.429. The van der Waals surface area contributed by atoms with E-state index in [9.17, 15) is 4.79 Å². The summed E-state index contributed by atoms with van der Waals surface area (Å²) in [7, 11) is 1.70. The first-order valence-electron chi connectivity index (χ1n) is 3.37. The molecule has 0 amide bonds. The van der Waals surface area contributed by atoms with Crippen molar-refractivity contribution in [3.8, 4) is 0 Å². The summed E-state index contributed by atoms with van der Waals surface area (Å²) in [6.07, 6.45) is 1.93. The normalized spacial score (nSPS) is 10.1. The number of Topliss-reactive ketones (excluding diaryl/α,β-unsaturated/α-hetero) is 1. The van der Waals surface area contributed by atoms with Gasteiger partial charge in [0, 0.05) is 13.5 Å². The van der Waals surface area contributed by atoms with Gasteiger partial charge in [0.15, 0.2) is 5.78 Å². The molecule has 0 atom stereocenters. The van der Waals surface area contributed by atoms with Crippen LogP contribution in [-0.4, -0.2) is 15.6 Å². The molecule has 1 aromatic rings. The van der Waals surface area contributed by atoms with Gasteiger partial charge in [-0.3, -0.25) is 9.48 Å². The Balaban J connectivity index is 3.10. The molecule has 0 aromatic carbocycles. The zero-order chi connectivity index (χ0) is 8.43. The lowest BCUT2D eigenvalue weighted by Gasteiger charge is -1.97. The molecule has 1 rings (SSSR count). The fourth-order valence-corrected chi connectivity index (χ4v) is 1.16. The van der Waals surface area contributed by atoms with Crippen LogP contribution < -0.4 is 0 Å². The molecule has 0 saturated carbocycles. The van der Waals surface area contributed by atoms with Gasteiger partial charge in [-0.25, -0.2) is 0 Å². The lowest BCUT2D eigenvalue weighted by Crippen LogP contribution is -2.05. The van der Waals surface area contributed by atoms with E-state index in [0.29, 0.717) is 17.1 Å². The van der Waals surface area contributed by atoms with Gasteiger partial charge in [0.1, 0.15) is 5.69 Å². The van der Waals surface area contributed by atoms with E-state index in [1.807, 2.05) is 0 Å². The zero-order valence-electron chi connectivity index (χ0n) is 6.47. The summed E-state index contributed by atoms with van der Waals surface area (Å²) >= 11 is 5.71. The van der Waals surface area contributed by atoms with E-state index in [4.69, 9.17) is 11.6 Å². The summed E-state index contributed by atoms with van der Waals surface area (Å²) in [5.74, 6) is 0.0231. The highest BCUT2D eigenvalue weighted by atomic mass is 35.5. The lowest BCUT2D eigenvalue weighted by molar-refractivity contribution is 0.0979. The molecule has 60 valence electrons. The molecule has 1 heterocycles. The highest BCUT2D eigenvalue weighted by Crippen LogP contribution is 2.15. The van der Waals surface area contributed by atoms with Crippen molar-refractivity contribution in [3.05, 3.63) is 16.9 Å². The Morgan fingerprint density at radius 1 is 1.82 bits per heavy atom. The highest BCUT2D eigenvalue weighted by Gasteiger charge is 2.12. The van der Waals surface area contributed by atoms with Crippen molar-refractivity contribution < 1.29 is 4.79 Å². The molecule has 11 heavy (non-hydrogen) atoms. The first-order valence-corrected chi connectivity index (χ1v) is 3.75. The minimum atomic E-state index is 0.0231. The van der Waals surface area contributed by atoms with E-state index in [1.165, 1.54) is 10.9 Å². The van der Waals surface area contributed by atoms with E-state index < -0.39 is 0 Å². The van der Waals surface area contributed by atoms with Crippen molar-refractivity contribution in [1.29, 1.82) is 0 Å². The topological polar surface area (TPSA) is 34.9 Å². The number of carbonyl (C=O) groups excluding carboxylic acids is 1. The van der Waals surface area contributed by atoms with E-state index in [-0.39, 0.29) is 5.78 Å². The summed E-state index contributed by atoms with van der Waals surface area (Å²) in [4.78, 5) is 11.2. The van der Waals surface area contributed by atoms with Crippen molar-refractivity contribution in [2.75, 3.05) is 0 Å². The summed E-state index contributed by atoms with van der Waals surface area (Å²) in [6.45, 7) is 1.80. The fourth-order valence-electron chi connectivity index (χ4n) is 0.892.